The zero-order valence-electron chi connectivity index (χ0n) is 16.1. The Hall–Kier alpha value is -2.16. The number of carbonyl (C=O) groups excluding carboxylic acids is 2. The second kappa shape index (κ2) is 8.24. The highest BCUT2D eigenvalue weighted by Gasteiger charge is 2.42. The highest BCUT2D eigenvalue weighted by molar-refractivity contribution is 5.90. The van der Waals surface area contributed by atoms with Crippen LogP contribution in [0.1, 0.15) is 38.3 Å². The number of carbonyl (C=O) groups is 2. The molecule has 0 saturated carbocycles. The summed E-state index contributed by atoms with van der Waals surface area (Å²) in [4.78, 5) is 27.2. The first kappa shape index (κ1) is 19.6. The molecule has 2 unspecified atom stereocenters. The molecule has 8 heteroatoms. The van der Waals surface area contributed by atoms with E-state index in [1.165, 1.54) is 0 Å². The number of likely N-dealkylation sites (tertiary alicyclic amines) is 1. The van der Waals surface area contributed by atoms with E-state index < -0.39 is 12.1 Å². The lowest BCUT2D eigenvalue weighted by molar-refractivity contribution is -0.140. The third-order valence-corrected chi connectivity index (χ3v) is 5.05. The van der Waals surface area contributed by atoms with Crippen molar-refractivity contribution in [2.75, 3.05) is 13.7 Å². The summed E-state index contributed by atoms with van der Waals surface area (Å²) in [6.07, 6.45) is 1.08. The average Bonchev–Trinajstić information content (AvgIpc) is 3.27. The first-order chi connectivity index (χ1) is 12.9. The van der Waals surface area contributed by atoms with Gasteiger partial charge >= 0.3 is 0 Å². The van der Waals surface area contributed by atoms with Gasteiger partial charge < -0.3 is 20.7 Å². The lowest BCUT2D eigenvalue weighted by atomic mass is 10.0. The fraction of sp³-hybridized carbons (Fsp3) is 0.579. The van der Waals surface area contributed by atoms with Crippen molar-refractivity contribution in [1.29, 1.82) is 0 Å². The Kier molecular flexibility index (Phi) is 5.98. The van der Waals surface area contributed by atoms with Crippen LogP contribution in [0.15, 0.2) is 24.3 Å². The molecule has 2 amide bonds. The Balaban J connectivity index is 1.67. The third kappa shape index (κ3) is 4.40. The van der Waals surface area contributed by atoms with Crippen LogP contribution in [-0.2, 0) is 9.59 Å². The summed E-state index contributed by atoms with van der Waals surface area (Å²) in [7, 11) is 1.63. The second-order valence-corrected chi connectivity index (χ2v) is 7.57. The summed E-state index contributed by atoms with van der Waals surface area (Å²) in [5, 5.41) is 2.89. The molecule has 2 heterocycles. The van der Waals surface area contributed by atoms with Crippen LogP contribution < -0.4 is 26.6 Å². The molecular formula is C19H29N5O3. The molecule has 2 fully saturated rings. The van der Waals surface area contributed by atoms with Gasteiger partial charge in [0.15, 0.2) is 0 Å². The zero-order valence-corrected chi connectivity index (χ0v) is 16.1. The minimum Gasteiger partial charge on any atom is -0.497 e. The quantitative estimate of drug-likeness (QED) is 0.579. The Morgan fingerprint density at radius 3 is 2.78 bits per heavy atom. The Morgan fingerprint density at radius 2 is 2.07 bits per heavy atom. The predicted octanol–water partition coefficient (Wildman–Crippen LogP) is 0.0556. The molecule has 8 nitrogen and oxygen atoms in total. The maximum Gasteiger partial charge on any atom is 0.243 e. The predicted molar refractivity (Wildman–Crippen MR) is 102 cm³/mol. The zero-order chi connectivity index (χ0) is 19.6. The van der Waals surface area contributed by atoms with E-state index >= 15 is 0 Å². The number of nitrogens with zero attached hydrogens (tertiary/aromatic N) is 1. The highest BCUT2D eigenvalue weighted by atomic mass is 16.5. The number of ether oxygens (including phenoxy) is 1. The van der Waals surface area contributed by atoms with Gasteiger partial charge in [-0.3, -0.25) is 9.59 Å². The molecule has 0 radical (unpaired) electrons. The molecule has 148 valence electrons. The van der Waals surface area contributed by atoms with E-state index in [0.29, 0.717) is 19.4 Å². The molecule has 0 spiro atoms. The van der Waals surface area contributed by atoms with Crippen LogP contribution in [0.3, 0.4) is 0 Å². The van der Waals surface area contributed by atoms with Crippen molar-refractivity contribution in [1.82, 2.24) is 21.1 Å². The molecule has 0 bridgehead atoms. The van der Waals surface area contributed by atoms with Crippen molar-refractivity contribution in [3.8, 4) is 5.75 Å². The van der Waals surface area contributed by atoms with Gasteiger partial charge in [0.05, 0.1) is 7.11 Å². The summed E-state index contributed by atoms with van der Waals surface area (Å²) in [6, 6.07) is 6.70. The standard InChI is InChI=1S/C19H29N5O3/c1-11(2)21-18(25)17-8-13(20)10-24(17)19(26)16-9-15(22-23-16)12-5-4-6-14(7-12)27-3/h4-7,11,13,15-17,22-23H,8-10,20H2,1-3H3,(H,21,25)/t13-,15?,16?,17+/m1/s1. The molecule has 4 atom stereocenters. The molecule has 27 heavy (non-hydrogen) atoms. The number of nitrogens with two attached hydrogens (primary N) is 1. The van der Waals surface area contributed by atoms with Gasteiger partial charge in [-0.15, -0.1) is 0 Å². The molecule has 1 aromatic rings. The van der Waals surface area contributed by atoms with Crippen LogP contribution in [-0.4, -0.2) is 54.5 Å². The Labute approximate surface area is 159 Å². The maximum atomic E-state index is 13.1. The number of hydrazine groups is 1. The first-order valence-corrected chi connectivity index (χ1v) is 9.40. The molecule has 2 aliphatic heterocycles. The van der Waals surface area contributed by atoms with Crippen LogP contribution in [0.4, 0.5) is 0 Å². The Morgan fingerprint density at radius 1 is 1.30 bits per heavy atom. The fourth-order valence-electron chi connectivity index (χ4n) is 3.74. The average molecular weight is 375 g/mol. The van der Waals surface area contributed by atoms with E-state index in [2.05, 4.69) is 16.2 Å². The monoisotopic (exact) mass is 375 g/mol. The molecule has 0 aromatic heterocycles. The van der Waals surface area contributed by atoms with Crippen molar-refractivity contribution in [2.24, 2.45) is 5.73 Å². The van der Waals surface area contributed by atoms with Crippen LogP contribution in [0.5, 0.6) is 5.75 Å². The van der Waals surface area contributed by atoms with E-state index in [4.69, 9.17) is 10.5 Å². The summed E-state index contributed by atoms with van der Waals surface area (Å²) in [6.45, 7) is 4.21. The molecule has 3 rings (SSSR count). The van der Waals surface area contributed by atoms with Gasteiger partial charge in [0.2, 0.25) is 11.8 Å². The molecule has 5 N–H and O–H groups in total. The van der Waals surface area contributed by atoms with Gasteiger partial charge in [0.1, 0.15) is 17.8 Å². The number of methoxy groups -OCH3 is 1. The van der Waals surface area contributed by atoms with Crippen LogP contribution in [0.2, 0.25) is 0 Å². The number of amides is 2. The molecule has 2 saturated heterocycles. The fourth-order valence-corrected chi connectivity index (χ4v) is 3.74. The summed E-state index contributed by atoms with van der Waals surface area (Å²) < 4.78 is 5.27. The smallest absolute Gasteiger partial charge is 0.243 e. The molecule has 1 aromatic carbocycles. The van der Waals surface area contributed by atoms with Crippen LogP contribution in [0.25, 0.3) is 0 Å². The van der Waals surface area contributed by atoms with Crippen molar-refractivity contribution in [3.05, 3.63) is 29.8 Å². The summed E-state index contributed by atoms with van der Waals surface area (Å²) in [5.74, 6) is 0.548. The number of rotatable bonds is 5. The van der Waals surface area contributed by atoms with Gasteiger partial charge in [-0.05, 0) is 44.4 Å². The molecule has 2 aliphatic rings. The van der Waals surface area contributed by atoms with E-state index in [9.17, 15) is 9.59 Å². The van der Waals surface area contributed by atoms with Gasteiger partial charge in [-0.1, -0.05) is 12.1 Å². The highest BCUT2D eigenvalue weighted by Crippen LogP contribution is 2.27. The van der Waals surface area contributed by atoms with Gasteiger partial charge in [0, 0.05) is 24.7 Å². The minimum absolute atomic E-state index is 0.00623. The number of nitrogens with one attached hydrogen (secondary N) is 3. The number of benzene rings is 1. The number of hydrogen-bond acceptors (Lipinski definition) is 6. The van der Waals surface area contributed by atoms with Gasteiger partial charge in [0.25, 0.3) is 0 Å². The largest absolute Gasteiger partial charge is 0.497 e. The maximum absolute atomic E-state index is 13.1. The Bertz CT molecular complexity index is 696. The SMILES string of the molecule is COc1cccc(C2CC(C(=O)N3C[C@H](N)C[C@H]3C(=O)NC(C)C)NN2)c1. The molecular weight excluding hydrogens is 346 g/mol. The van der Waals surface area contributed by atoms with Crippen molar-refractivity contribution in [2.45, 2.75) is 56.9 Å². The number of hydrogen-bond donors (Lipinski definition) is 4. The van der Waals surface area contributed by atoms with E-state index in [1.54, 1.807) is 12.0 Å². The topological polar surface area (TPSA) is 109 Å². The van der Waals surface area contributed by atoms with Crippen molar-refractivity contribution in [3.63, 3.8) is 0 Å². The minimum atomic E-state index is -0.507. The second-order valence-electron chi connectivity index (χ2n) is 7.57. The first-order valence-electron chi connectivity index (χ1n) is 9.40. The van der Waals surface area contributed by atoms with Crippen LogP contribution in [0, 0.1) is 0 Å². The van der Waals surface area contributed by atoms with Gasteiger partial charge in [-0.2, -0.15) is 0 Å². The summed E-state index contributed by atoms with van der Waals surface area (Å²) >= 11 is 0. The van der Waals surface area contributed by atoms with E-state index in [-0.39, 0.29) is 29.9 Å². The normalized spacial score (nSPS) is 27.8. The van der Waals surface area contributed by atoms with E-state index in [0.717, 1.165) is 11.3 Å². The van der Waals surface area contributed by atoms with E-state index in [1.807, 2.05) is 38.1 Å². The lowest BCUT2D eigenvalue weighted by Crippen LogP contribution is -2.52. The van der Waals surface area contributed by atoms with Crippen LogP contribution >= 0.6 is 0 Å². The van der Waals surface area contributed by atoms with Gasteiger partial charge in [-0.25, -0.2) is 10.9 Å². The third-order valence-electron chi connectivity index (χ3n) is 5.05. The van der Waals surface area contributed by atoms with Crippen molar-refractivity contribution >= 4 is 11.8 Å². The molecule has 0 aliphatic carbocycles. The van der Waals surface area contributed by atoms with Crippen molar-refractivity contribution < 1.29 is 14.3 Å². The lowest BCUT2D eigenvalue weighted by Gasteiger charge is -2.27. The summed E-state index contributed by atoms with van der Waals surface area (Å²) in [5.41, 5.74) is 13.4.